The molecule has 76 valence electrons. The van der Waals surface area contributed by atoms with E-state index in [0.29, 0.717) is 10.7 Å². The molecule has 0 radical (unpaired) electrons. The van der Waals surface area contributed by atoms with Crippen molar-refractivity contribution in [3.63, 3.8) is 0 Å². The molecule has 0 aromatic heterocycles. The van der Waals surface area contributed by atoms with Gasteiger partial charge in [-0.25, -0.2) is 0 Å². The van der Waals surface area contributed by atoms with Crippen LogP contribution in [-0.4, -0.2) is 11.7 Å². The Morgan fingerprint density at radius 3 is 2.73 bits per heavy atom. The zero-order valence-corrected chi connectivity index (χ0v) is 8.54. The third-order valence-electron chi connectivity index (χ3n) is 2.06. The Hall–Kier alpha value is -1.61. The fourth-order valence-corrected chi connectivity index (χ4v) is 1.58. The van der Waals surface area contributed by atoms with E-state index in [-0.39, 0.29) is 18.1 Å². The van der Waals surface area contributed by atoms with Crippen LogP contribution in [0.5, 0.6) is 0 Å². The van der Waals surface area contributed by atoms with Crippen molar-refractivity contribution in [3.05, 3.63) is 40.5 Å². The summed E-state index contributed by atoms with van der Waals surface area (Å²) in [6, 6.07) is 7.08. The Morgan fingerprint density at radius 1 is 1.33 bits per heavy atom. The largest absolute Gasteiger partial charge is 0.323 e. The first-order valence-electron chi connectivity index (χ1n) is 4.45. The standard InChI is InChI=1S/C11H8ClNO2/c12-8-3-1-2-7(4-8)5-9-10(14)6-11(15)13-9/h1-5H,6H2,(H,13,15). The van der Waals surface area contributed by atoms with E-state index in [9.17, 15) is 9.59 Å². The molecule has 0 aliphatic carbocycles. The molecule has 4 heteroatoms. The fraction of sp³-hybridized carbons (Fsp3) is 0.0909. The van der Waals surface area contributed by atoms with Gasteiger partial charge in [-0.15, -0.1) is 0 Å². The molecule has 1 aromatic rings. The van der Waals surface area contributed by atoms with E-state index in [4.69, 9.17) is 11.6 Å². The van der Waals surface area contributed by atoms with E-state index in [1.54, 1.807) is 24.3 Å². The molecular weight excluding hydrogens is 214 g/mol. The van der Waals surface area contributed by atoms with E-state index in [1.807, 2.05) is 6.07 Å². The maximum atomic E-state index is 11.3. The van der Waals surface area contributed by atoms with Crippen LogP contribution in [0, 0.1) is 0 Å². The van der Waals surface area contributed by atoms with Crippen LogP contribution in [0.1, 0.15) is 12.0 Å². The number of hydrogen-bond donors (Lipinski definition) is 1. The highest BCUT2D eigenvalue weighted by atomic mass is 35.5. The predicted octanol–water partition coefficient (Wildman–Crippen LogP) is 1.77. The average Bonchev–Trinajstić information content (AvgIpc) is 2.45. The number of ketones is 1. The van der Waals surface area contributed by atoms with Crippen LogP contribution in [0.25, 0.3) is 6.08 Å². The van der Waals surface area contributed by atoms with Crippen molar-refractivity contribution in [2.24, 2.45) is 0 Å². The van der Waals surface area contributed by atoms with E-state index in [0.717, 1.165) is 5.56 Å². The summed E-state index contributed by atoms with van der Waals surface area (Å²) in [7, 11) is 0. The summed E-state index contributed by atoms with van der Waals surface area (Å²) in [5, 5.41) is 3.10. The minimum absolute atomic E-state index is 0.0631. The molecule has 0 spiro atoms. The molecule has 0 unspecified atom stereocenters. The van der Waals surface area contributed by atoms with Crippen LogP contribution in [0.15, 0.2) is 30.0 Å². The number of rotatable bonds is 1. The molecule has 15 heavy (non-hydrogen) atoms. The third-order valence-corrected chi connectivity index (χ3v) is 2.29. The monoisotopic (exact) mass is 221 g/mol. The summed E-state index contributed by atoms with van der Waals surface area (Å²) in [5.41, 5.74) is 1.13. The Bertz CT molecular complexity index is 465. The second-order valence-corrected chi connectivity index (χ2v) is 3.70. The van der Waals surface area contributed by atoms with Gasteiger partial charge in [-0.3, -0.25) is 9.59 Å². The molecule has 1 aromatic carbocycles. The molecule has 1 aliphatic rings. The first-order valence-corrected chi connectivity index (χ1v) is 4.83. The smallest absolute Gasteiger partial charge is 0.232 e. The fourth-order valence-electron chi connectivity index (χ4n) is 1.38. The normalized spacial score (nSPS) is 18.3. The number of nitrogens with one attached hydrogen (secondary N) is 1. The summed E-state index contributed by atoms with van der Waals surface area (Å²) in [6.45, 7) is 0. The lowest BCUT2D eigenvalue weighted by molar-refractivity contribution is -0.121. The third kappa shape index (κ3) is 2.25. The number of halogens is 1. The second kappa shape index (κ2) is 3.87. The van der Waals surface area contributed by atoms with Gasteiger partial charge in [0.25, 0.3) is 0 Å². The number of carbonyl (C=O) groups excluding carboxylic acids is 2. The molecular formula is C11H8ClNO2. The van der Waals surface area contributed by atoms with Crippen molar-refractivity contribution in [2.75, 3.05) is 0 Å². The highest BCUT2D eigenvalue weighted by Gasteiger charge is 2.23. The lowest BCUT2D eigenvalue weighted by atomic mass is 10.1. The zero-order chi connectivity index (χ0) is 10.8. The van der Waals surface area contributed by atoms with Crippen molar-refractivity contribution in [3.8, 4) is 0 Å². The van der Waals surface area contributed by atoms with Gasteiger partial charge in [-0.1, -0.05) is 23.7 Å². The first-order chi connectivity index (χ1) is 7.15. The lowest BCUT2D eigenvalue weighted by Crippen LogP contribution is -2.12. The summed E-state index contributed by atoms with van der Waals surface area (Å²) in [4.78, 5) is 22.2. The van der Waals surface area contributed by atoms with Gasteiger partial charge in [-0.2, -0.15) is 0 Å². The summed E-state index contributed by atoms with van der Waals surface area (Å²) in [5.74, 6) is -0.437. The number of allylic oxidation sites excluding steroid dienone is 1. The first kappa shape index (κ1) is 9.93. The molecule has 0 atom stereocenters. The lowest BCUT2D eigenvalue weighted by Gasteiger charge is -1.97. The van der Waals surface area contributed by atoms with Crippen LogP contribution < -0.4 is 5.32 Å². The second-order valence-electron chi connectivity index (χ2n) is 3.26. The number of carbonyl (C=O) groups is 2. The van der Waals surface area contributed by atoms with Crippen LogP contribution in [0.2, 0.25) is 5.02 Å². The van der Waals surface area contributed by atoms with E-state index in [1.165, 1.54) is 0 Å². The molecule has 1 N–H and O–H groups in total. The number of amides is 1. The van der Waals surface area contributed by atoms with Crippen LogP contribution in [-0.2, 0) is 9.59 Å². The Labute approximate surface area is 91.7 Å². The van der Waals surface area contributed by atoms with Crippen LogP contribution in [0.4, 0.5) is 0 Å². The zero-order valence-electron chi connectivity index (χ0n) is 7.79. The maximum absolute atomic E-state index is 11.3. The molecule has 3 nitrogen and oxygen atoms in total. The maximum Gasteiger partial charge on any atom is 0.232 e. The Balaban J connectivity index is 2.31. The molecule has 1 fully saturated rings. The molecule has 1 amide bonds. The summed E-state index contributed by atoms with van der Waals surface area (Å²) < 4.78 is 0. The average molecular weight is 222 g/mol. The van der Waals surface area contributed by atoms with Crippen LogP contribution >= 0.6 is 11.6 Å². The van der Waals surface area contributed by atoms with Crippen LogP contribution in [0.3, 0.4) is 0 Å². The highest BCUT2D eigenvalue weighted by molar-refractivity contribution is 6.30. The van der Waals surface area contributed by atoms with Crippen molar-refractivity contribution in [1.29, 1.82) is 0 Å². The number of benzene rings is 1. The van der Waals surface area contributed by atoms with Gasteiger partial charge >= 0.3 is 0 Å². The van der Waals surface area contributed by atoms with Crippen molar-refractivity contribution < 1.29 is 9.59 Å². The van der Waals surface area contributed by atoms with E-state index >= 15 is 0 Å². The molecule has 0 bridgehead atoms. The van der Waals surface area contributed by atoms with Gasteiger partial charge in [0.2, 0.25) is 5.91 Å². The minimum Gasteiger partial charge on any atom is -0.323 e. The molecule has 0 saturated carbocycles. The summed E-state index contributed by atoms with van der Waals surface area (Å²) in [6.07, 6.45) is 1.56. The SMILES string of the molecule is O=C1CC(=O)C(=Cc2cccc(Cl)c2)N1. The van der Waals surface area contributed by atoms with Gasteiger partial charge < -0.3 is 5.32 Å². The van der Waals surface area contributed by atoms with E-state index in [2.05, 4.69) is 5.32 Å². The topological polar surface area (TPSA) is 46.2 Å². The van der Waals surface area contributed by atoms with E-state index < -0.39 is 0 Å². The quantitative estimate of drug-likeness (QED) is 0.580. The molecule has 1 heterocycles. The molecule has 1 saturated heterocycles. The predicted molar refractivity (Wildman–Crippen MR) is 57.2 cm³/mol. The number of Topliss-reactive ketones (excluding diaryl/α,β-unsaturated/α-hetero) is 1. The van der Waals surface area contributed by atoms with Gasteiger partial charge in [0.05, 0.1) is 12.1 Å². The number of hydrogen-bond acceptors (Lipinski definition) is 2. The van der Waals surface area contributed by atoms with Crippen molar-refractivity contribution >= 4 is 29.4 Å². The summed E-state index contributed by atoms with van der Waals surface area (Å²) >= 11 is 5.79. The van der Waals surface area contributed by atoms with Gasteiger partial charge in [0, 0.05) is 5.02 Å². The Kier molecular flexibility index (Phi) is 2.56. The Morgan fingerprint density at radius 2 is 2.13 bits per heavy atom. The molecule has 1 aliphatic heterocycles. The highest BCUT2D eigenvalue weighted by Crippen LogP contribution is 2.15. The van der Waals surface area contributed by atoms with Gasteiger partial charge in [0.1, 0.15) is 0 Å². The van der Waals surface area contributed by atoms with Gasteiger partial charge in [-0.05, 0) is 23.8 Å². The molecule has 2 rings (SSSR count). The van der Waals surface area contributed by atoms with Crippen molar-refractivity contribution in [1.82, 2.24) is 5.32 Å². The minimum atomic E-state index is -0.256. The van der Waals surface area contributed by atoms with Crippen molar-refractivity contribution in [2.45, 2.75) is 6.42 Å². The van der Waals surface area contributed by atoms with Gasteiger partial charge in [0.15, 0.2) is 5.78 Å².